The molecule has 0 spiro atoms. The van der Waals surface area contributed by atoms with Gasteiger partial charge in [0.15, 0.2) is 10.3 Å². The second-order valence-corrected chi connectivity index (χ2v) is 7.35. The van der Waals surface area contributed by atoms with Gasteiger partial charge < -0.3 is 4.74 Å². The SMILES string of the molecule is COC(=O)CSc1nnc(CSc2ncccn2)n1-c1cccc(C(F)(F)F)c1. The number of benzene rings is 1. The van der Waals surface area contributed by atoms with Crippen LogP contribution in [0.1, 0.15) is 11.4 Å². The largest absolute Gasteiger partial charge is 0.468 e. The Morgan fingerprint density at radius 1 is 1.14 bits per heavy atom. The molecule has 152 valence electrons. The number of nitrogens with zero attached hydrogens (tertiary/aromatic N) is 5. The van der Waals surface area contributed by atoms with Gasteiger partial charge in [0.05, 0.1) is 29.9 Å². The molecule has 1 aromatic carbocycles. The number of methoxy groups -OCH3 is 1. The fourth-order valence-electron chi connectivity index (χ4n) is 2.24. The van der Waals surface area contributed by atoms with Gasteiger partial charge in [-0.05, 0) is 24.3 Å². The number of carbonyl (C=O) groups excluding carboxylic acids is 1. The van der Waals surface area contributed by atoms with E-state index in [1.165, 1.54) is 35.6 Å². The van der Waals surface area contributed by atoms with Gasteiger partial charge in [-0.15, -0.1) is 10.2 Å². The third kappa shape index (κ3) is 5.48. The van der Waals surface area contributed by atoms with Crippen molar-refractivity contribution in [3.05, 3.63) is 54.1 Å². The van der Waals surface area contributed by atoms with Gasteiger partial charge in [0.25, 0.3) is 0 Å². The molecule has 3 rings (SSSR count). The highest BCUT2D eigenvalue weighted by atomic mass is 32.2. The van der Waals surface area contributed by atoms with E-state index in [2.05, 4.69) is 24.9 Å². The number of esters is 1. The van der Waals surface area contributed by atoms with Gasteiger partial charge >= 0.3 is 12.1 Å². The lowest BCUT2D eigenvalue weighted by molar-refractivity contribution is -0.138. The van der Waals surface area contributed by atoms with Gasteiger partial charge in [0.2, 0.25) is 0 Å². The van der Waals surface area contributed by atoms with Crippen molar-refractivity contribution in [3.8, 4) is 5.69 Å². The van der Waals surface area contributed by atoms with E-state index in [9.17, 15) is 18.0 Å². The summed E-state index contributed by atoms with van der Waals surface area (Å²) in [6.07, 6.45) is -1.31. The molecule has 7 nitrogen and oxygen atoms in total. The molecule has 0 aliphatic carbocycles. The van der Waals surface area contributed by atoms with Crippen LogP contribution in [0.3, 0.4) is 0 Å². The number of halogens is 3. The number of thioether (sulfide) groups is 2. The van der Waals surface area contributed by atoms with Gasteiger partial charge in [0.1, 0.15) is 5.82 Å². The Bertz CT molecular complexity index is 983. The number of ether oxygens (including phenoxy) is 1. The van der Waals surface area contributed by atoms with Crippen LogP contribution in [0, 0.1) is 0 Å². The first kappa shape index (κ1) is 21.1. The van der Waals surface area contributed by atoms with Crippen molar-refractivity contribution in [1.82, 2.24) is 24.7 Å². The van der Waals surface area contributed by atoms with Crippen LogP contribution in [0.5, 0.6) is 0 Å². The molecule has 0 saturated carbocycles. The van der Waals surface area contributed by atoms with E-state index in [-0.39, 0.29) is 22.3 Å². The minimum atomic E-state index is -4.49. The smallest absolute Gasteiger partial charge is 0.416 e. The zero-order valence-corrected chi connectivity index (χ0v) is 16.6. The number of hydrogen-bond acceptors (Lipinski definition) is 8. The zero-order chi connectivity index (χ0) is 20.9. The third-order valence-electron chi connectivity index (χ3n) is 3.55. The van der Waals surface area contributed by atoms with E-state index in [0.717, 1.165) is 23.9 Å². The van der Waals surface area contributed by atoms with Crippen LogP contribution in [0.15, 0.2) is 53.0 Å². The number of alkyl halides is 3. The highest BCUT2D eigenvalue weighted by Crippen LogP contribution is 2.32. The van der Waals surface area contributed by atoms with E-state index in [4.69, 9.17) is 0 Å². The van der Waals surface area contributed by atoms with Gasteiger partial charge in [-0.2, -0.15) is 13.2 Å². The zero-order valence-electron chi connectivity index (χ0n) is 15.0. The van der Waals surface area contributed by atoms with Crippen molar-refractivity contribution in [2.24, 2.45) is 0 Å². The van der Waals surface area contributed by atoms with Crippen molar-refractivity contribution in [2.75, 3.05) is 12.9 Å². The second-order valence-electron chi connectivity index (χ2n) is 5.47. The van der Waals surface area contributed by atoms with Crippen LogP contribution in [-0.2, 0) is 21.5 Å². The van der Waals surface area contributed by atoms with E-state index < -0.39 is 17.7 Å². The molecule has 0 aliphatic heterocycles. The maximum Gasteiger partial charge on any atom is 0.416 e. The summed E-state index contributed by atoms with van der Waals surface area (Å²) >= 11 is 2.29. The van der Waals surface area contributed by atoms with Crippen LogP contribution >= 0.6 is 23.5 Å². The molecule has 0 radical (unpaired) electrons. The van der Waals surface area contributed by atoms with E-state index in [0.29, 0.717) is 11.0 Å². The predicted molar refractivity (Wildman–Crippen MR) is 101 cm³/mol. The van der Waals surface area contributed by atoms with E-state index >= 15 is 0 Å². The maximum absolute atomic E-state index is 13.2. The summed E-state index contributed by atoms with van der Waals surface area (Å²) in [6, 6.07) is 6.51. The first-order chi connectivity index (χ1) is 13.9. The molecule has 0 fully saturated rings. The van der Waals surface area contributed by atoms with Crippen LogP contribution in [0.4, 0.5) is 13.2 Å². The van der Waals surface area contributed by atoms with Crippen molar-refractivity contribution >= 4 is 29.5 Å². The van der Waals surface area contributed by atoms with Gasteiger partial charge in [-0.3, -0.25) is 9.36 Å². The van der Waals surface area contributed by atoms with Gasteiger partial charge in [0, 0.05) is 12.4 Å². The second kappa shape index (κ2) is 9.27. The van der Waals surface area contributed by atoms with Gasteiger partial charge in [-0.1, -0.05) is 29.6 Å². The highest BCUT2D eigenvalue weighted by Gasteiger charge is 2.31. The molecule has 2 heterocycles. The molecule has 0 amide bonds. The Hall–Kier alpha value is -2.60. The molecule has 0 saturated heterocycles. The number of carbonyl (C=O) groups is 1. The highest BCUT2D eigenvalue weighted by molar-refractivity contribution is 7.99. The summed E-state index contributed by atoms with van der Waals surface area (Å²) in [5.41, 5.74) is -0.556. The number of aromatic nitrogens is 5. The minimum Gasteiger partial charge on any atom is -0.468 e. The summed E-state index contributed by atoms with van der Waals surface area (Å²) in [4.78, 5) is 19.7. The van der Waals surface area contributed by atoms with Crippen molar-refractivity contribution in [3.63, 3.8) is 0 Å². The minimum absolute atomic E-state index is 0.0530. The molecule has 12 heteroatoms. The molecule has 0 atom stereocenters. The molecule has 0 unspecified atom stereocenters. The maximum atomic E-state index is 13.2. The quantitative estimate of drug-likeness (QED) is 0.312. The monoisotopic (exact) mass is 441 g/mol. The predicted octanol–water partition coefficient (Wildman–Crippen LogP) is 3.63. The summed E-state index contributed by atoms with van der Waals surface area (Å²) in [5, 5.41) is 8.89. The first-order valence-corrected chi connectivity index (χ1v) is 10.1. The third-order valence-corrected chi connectivity index (χ3v) is 5.33. The normalized spacial score (nSPS) is 11.4. The first-order valence-electron chi connectivity index (χ1n) is 8.10. The summed E-state index contributed by atoms with van der Waals surface area (Å²) in [5.74, 6) is 0.130. The Morgan fingerprint density at radius 2 is 1.90 bits per heavy atom. The lowest BCUT2D eigenvalue weighted by Crippen LogP contribution is -2.09. The average Bonchev–Trinajstić information content (AvgIpc) is 3.13. The van der Waals surface area contributed by atoms with Gasteiger partial charge in [-0.25, -0.2) is 9.97 Å². The van der Waals surface area contributed by atoms with Crippen LogP contribution in [-0.4, -0.2) is 43.6 Å². The van der Waals surface area contributed by atoms with E-state index in [1.807, 2.05) is 0 Å². The summed E-state index contributed by atoms with van der Waals surface area (Å²) in [7, 11) is 1.25. The molecule has 2 aromatic heterocycles. The molecule has 0 N–H and O–H groups in total. The van der Waals surface area contributed by atoms with Crippen LogP contribution < -0.4 is 0 Å². The number of hydrogen-bond donors (Lipinski definition) is 0. The van der Waals surface area contributed by atoms with Crippen molar-refractivity contribution in [2.45, 2.75) is 22.2 Å². The molecule has 3 aromatic rings. The number of rotatable bonds is 7. The fourth-order valence-corrected chi connectivity index (χ4v) is 3.76. The lowest BCUT2D eigenvalue weighted by atomic mass is 10.2. The van der Waals surface area contributed by atoms with Crippen molar-refractivity contribution in [1.29, 1.82) is 0 Å². The lowest BCUT2D eigenvalue weighted by Gasteiger charge is -2.12. The Labute approximate surface area is 172 Å². The van der Waals surface area contributed by atoms with Crippen molar-refractivity contribution < 1.29 is 22.7 Å². The van der Waals surface area contributed by atoms with E-state index in [1.54, 1.807) is 18.5 Å². The average molecular weight is 441 g/mol. The Kier molecular flexibility index (Phi) is 6.75. The van der Waals surface area contributed by atoms with Crippen LogP contribution in [0.25, 0.3) is 5.69 Å². The molecular weight excluding hydrogens is 427 g/mol. The molecule has 0 bridgehead atoms. The summed E-state index contributed by atoms with van der Waals surface area (Å²) in [6.45, 7) is 0. The Balaban J connectivity index is 1.94. The Morgan fingerprint density at radius 3 is 2.59 bits per heavy atom. The van der Waals surface area contributed by atoms with Crippen LogP contribution in [0.2, 0.25) is 0 Å². The fraction of sp³-hybridized carbons (Fsp3) is 0.235. The summed E-state index contributed by atoms with van der Waals surface area (Å²) < 4.78 is 45.5. The standard InChI is InChI=1S/C17H14F3N5O2S2/c1-27-14(26)10-29-16-24-23-13(9-28-15-21-6-3-7-22-15)25(16)12-5-2-4-11(8-12)17(18,19)20/h2-8H,9-10H2,1H3. The molecular formula is C17H14F3N5O2S2. The topological polar surface area (TPSA) is 82.8 Å². The molecule has 0 aliphatic rings. The molecule has 29 heavy (non-hydrogen) atoms.